The van der Waals surface area contributed by atoms with E-state index in [1.54, 1.807) is 0 Å². The summed E-state index contributed by atoms with van der Waals surface area (Å²) in [5.74, 6) is -0.895. The van der Waals surface area contributed by atoms with Gasteiger partial charge >= 0.3 is 5.97 Å². The topological polar surface area (TPSA) is 57.6 Å². The molecule has 0 amide bonds. The second-order valence-electron chi connectivity index (χ2n) is 6.62. The zero-order valence-corrected chi connectivity index (χ0v) is 17.2. The van der Waals surface area contributed by atoms with Crippen molar-refractivity contribution in [2.75, 3.05) is 37.9 Å². The summed E-state index contributed by atoms with van der Waals surface area (Å²) in [5.41, 5.74) is 2.74. The smallest absolute Gasteiger partial charge is 0.319 e. The molecule has 0 saturated carbocycles. The summed E-state index contributed by atoms with van der Waals surface area (Å²) in [4.78, 5) is 13.0. The minimum Gasteiger partial charge on any atom is -0.465 e. The molecule has 0 aromatic heterocycles. The number of hydrogen-bond donors (Lipinski definition) is 0. The minimum absolute atomic E-state index is 0.295. The fourth-order valence-corrected chi connectivity index (χ4v) is 3.74. The number of ether oxygens (including phenoxy) is 2. The van der Waals surface area contributed by atoms with Crippen molar-refractivity contribution in [1.29, 1.82) is 0 Å². The van der Waals surface area contributed by atoms with Crippen molar-refractivity contribution in [1.82, 2.24) is 10.0 Å². The van der Waals surface area contributed by atoms with E-state index >= 15 is 0 Å². The maximum atomic E-state index is 13.0. The van der Waals surface area contributed by atoms with Crippen LogP contribution in [0.3, 0.4) is 0 Å². The molecule has 7 nitrogen and oxygen atoms in total. The molecule has 7 heteroatoms. The number of hydrogen-bond acceptors (Lipinski definition) is 7. The molecule has 3 rings (SSSR count). The lowest BCUT2D eigenvalue weighted by atomic mass is 9.96. The molecule has 0 unspecified atom stereocenters. The standard InChI is InChI=1S/C21H30N4O3/c1-5-23-14-16-15-24(17-12-10-9-11-13-17)22-19(16)18(21(26)28-8-4)20(27-7-3)25(23)6-2/h9-14,18,20H,5-8,15H2,1-4H3/t18-,20+/m0/s1. The van der Waals surface area contributed by atoms with E-state index in [4.69, 9.17) is 14.6 Å². The van der Waals surface area contributed by atoms with Crippen LogP contribution in [0.5, 0.6) is 0 Å². The highest BCUT2D eigenvalue weighted by Gasteiger charge is 2.45. The molecule has 0 fully saturated rings. The maximum absolute atomic E-state index is 13.0. The highest BCUT2D eigenvalue weighted by molar-refractivity contribution is 6.14. The van der Waals surface area contributed by atoms with E-state index in [-0.39, 0.29) is 5.97 Å². The van der Waals surface area contributed by atoms with Crippen molar-refractivity contribution in [3.63, 3.8) is 0 Å². The van der Waals surface area contributed by atoms with Crippen LogP contribution in [0.4, 0.5) is 5.69 Å². The predicted molar refractivity (Wildman–Crippen MR) is 110 cm³/mol. The van der Waals surface area contributed by atoms with E-state index in [1.807, 2.05) is 49.2 Å². The summed E-state index contributed by atoms with van der Waals surface area (Å²) in [7, 11) is 0. The number of hydrazone groups is 1. The number of rotatable bonds is 7. The van der Waals surface area contributed by atoms with E-state index in [0.717, 1.165) is 23.5 Å². The first kappa shape index (κ1) is 20.4. The molecule has 2 aliphatic heterocycles. The number of carbonyl (C=O) groups is 1. The Morgan fingerprint density at radius 3 is 2.46 bits per heavy atom. The second-order valence-corrected chi connectivity index (χ2v) is 6.62. The molecule has 28 heavy (non-hydrogen) atoms. The van der Waals surface area contributed by atoms with E-state index in [2.05, 4.69) is 30.1 Å². The molecule has 2 heterocycles. The molecule has 1 aromatic rings. The fourth-order valence-electron chi connectivity index (χ4n) is 3.74. The number of hydrazine groups is 1. The van der Waals surface area contributed by atoms with Crippen LogP contribution < -0.4 is 5.01 Å². The lowest BCUT2D eigenvalue weighted by Gasteiger charge is -2.39. The number of para-hydroxylation sites is 1. The Hall–Kier alpha value is -2.38. The van der Waals surface area contributed by atoms with Gasteiger partial charge < -0.3 is 14.5 Å². The Balaban J connectivity index is 2.07. The van der Waals surface area contributed by atoms with E-state index in [9.17, 15) is 4.79 Å². The van der Waals surface area contributed by atoms with Crippen LogP contribution in [0.2, 0.25) is 0 Å². The first-order chi connectivity index (χ1) is 13.6. The molecule has 2 aliphatic rings. The highest BCUT2D eigenvalue weighted by atomic mass is 16.5. The maximum Gasteiger partial charge on any atom is 0.319 e. The summed E-state index contributed by atoms with van der Waals surface area (Å²) < 4.78 is 11.5. The average Bonchev–Trinajstić information content (AvgIpc) is 3.07. The molecule has 0 N–H and O–H groups in total. The van der Waals surface area contributed by atoms with Gasteiger partial charge in [-0.2, -0.15) is 10.1 Å². The van der Waals surface area contributed by atoms with E-state index in [1.165, 1.54) is 0 Å². The van der Waals surface area contributed by atoms with Gasteiger partial charge in [-0.15, -0.1) is 0 Å². The van der Waals surface area contributed by atoms with Crippen molar-refractivity contribution in [2.24, 2.45) is 11.0 Å². The summed E-state index contributed by atoms with van der Waals surface area (Å²) in [6.07, 6.45) is 1.63. The molecular weight excluding hydrogens is 356 g/mol. The van der Waals surface area contributed by atoms with Crippen molar-refractivity contribution in [3.05, 3.63) is 42.1 Å². The lowest BCUT2D eigenvalue weighted by molar-refractivity contribution is -0.176. The van der Waals surface area contributed by atoms with Gasteiger partial charge in [0.25, 0.3) is 0 Å². The second kappa shape index (κ2) is 9.21. The largest absolute Gasteiger partial charge is 0.465 e. The predicted octanol–water partition coefficient (Wildman–Crippen LogP) is 2.86. The summed E-state index contributed by atoms with van der Waals surface area (Å²) >= 11 is 0. The summed E-state index contributed by atoms with van der Waals surface area (Å²) in [6, 6.07) is 9.99. The summed E-state index contributed by atoms with van der Waals surface area (Å²) in [6.45, 7) is 10.8. The quantitative estimate of drug-likeness (QED) is 0.672. The van der Waals surface area contributed by atoms with Gasteiger partial charge in [0.1, 0.15) is 12.1 Å². The minimum atomic E-state index is -0.601. The lowest BCUT2D eigenvalue weighted by Crippen LogP contribution is -2.53. The monoisotopic (exact) mass is 386 g/mol. The van der Waals surface area contributed by atoms with E-state index < -0.39 is 12.1 Å². The van der Waals surface area contributed by atoms with Gasteiger partial charge in [-0.05, 0) is 32.9 Å². The number of esters is 1. The van der Waals surface area contributed by atoms with Gasteiger partial charge in [-0.3, -0.25) is 9.80 Å². The Bertz CT molecular complexity index is 734. The third-order valence-electron chi connectivity index (χ3n) is 4.97. The van der Waals surface area contributed by atoms with Crippen molar-refractivity contribution >= 4 is 17.4 Å². The van der Waals surface area contributed by atoms with Crippen LogP contribution in [-0.4, -0.2) is 60.8 Å². The van der Waals surface area contributed by atoms with Gasteiger partial charge in [0, 0.05) is 31.5 Å². The molecule has 2 atom stereocenters. The van der Waals surface area contributed by atoms with Gasteiger partial charge in [0.05, 0.1) is 24.6 Å². The van der Waals surface area contributed by atoms with E-state index in [0.29, 0.717) is 26.3 Å². The van der Waals surface area contributed by atoms with Crippen molar-refractivity contribution in [3.8, 4) is 0 Å². The van der Waals surface area contributed by atoms with Crippen LogP contribution in [0.15, 0.2) is 47.2 Å². The molecular formula is C21H30N4O3. The Morgan fingerprint density at radius 2 is 1.86 bits per heavy atom. The third-order valence-corrected chi connectivity index (χ3v) is 4.97. The van der Waals surface area contributed by atoms with Gasteiger partial charge in [-0.25, -0.2) is 0 Å². The molecule has 0 radical (unpaired) electrons. The first-order valence-electron chi connectivity index (χ1n) is 10.1. The Kier molecular flexibility index (Phi) is 6.70. The third kappa shape index (κ3) is 3.91. The SMILES string of the molecule is CCOC(=O)[C@H]1C2=NN(c3ccccc3)CC2=CN(CC)N(CC)[C@@H]1OCC. The Morgan fingerprint density at radius 1 is 1.11 bits per heavy atom. The molecule has 0 aliphatic carbocycles. The van der Waals surface area contributed by atoms with Crippen LogP contribution in [0.25, 0.3) is 0 Å². The molecule has 0 saturated heterocycles. The zero-order valence-electron chi connectivity index (χ0n) is 17.2. The number of anilines is 1. The van der Waals surface area contributed by atoms with Crippen molar-refractivity contribution in [2.45, 2.75) is 33.9 Å². The summed E-state index contributed by atoms with van der Waals surface area (Å²) in [5, 5.41) is 11.0. The van der Waals surface area contributed by atoms with Crippen LogP contribution in [0.1, 0.15) is 27.7 Å². The van der Waals surface area contributed by atoms with Crippen LogP contribution in [0, 0.1) is 5.92 Å². The molecule has 0 bridgehead atoms. The van der Waals surface area contributed by atoms with Gasteiger partial charge in [-0.1, -0.05) is 25.1 Å². The fraction of sp³-hybridized carbons (Fsp3) is 0.524. The number of benzene rings is 1. The number of nitrogens with zero attached hydrogens (tertiary/aromatic N) is 4. The average molecular weight is 386 g/mol. The molecule has 1 aromatic carbocycles. The van der Waals surface area contributed by atoms with Crippen LogP contribution >= 0.6 is 0 Å². The van der Waals surface area contributed by atoms with Crippen molar-refractivity contribution < 1.29 is 14.3 Å². The number of carbonyl (C=O) groups excluding carboxylic acids is 1. The highest BCUT2D eigenvalue weighted by Crippen LogP contribution is 2.32. The van der Waals surface area contributed by atoms with Gasteiger partial charge in [0.15, 0.2) is 0 Å². The number of fused-ring (bicyclic) bond motifs is 1. The van der Waals surface area contributed by atoms with Crippen LogP contribution in [-0.2, 0) is 14.3 Å². The normalized spacial score (nSPS) is 22.4. The van der Waals surface area contributed by atoms with Gasteiger partial charge in [0.2, 0.25) is 0 Å². The first-order valence-corrected chi connectivity index (χ1v) is 10.1. The molecule has 152 valence electrons. The Labute approximate surface area is 167 Å². The molecule has 0 spiro atoms. The zero-order chi connectivity index (χ0) is 20.1.